The molecular weight excluding hydrogens is 260 g/mol. The minimum Gasteiger partial charge on any atom is -0.338 e. The molecular formula is C15H23ClN2O. The maximum Gasteiger partial charge on any atom is 0.253 e. The van der Waals surface area contributed by atoms with Gasteiger partial charge >= 0.3 is 0 Å². The molecule has 0 spiro atoms. The number of nitrogens with zero attached hydrogens (tertiary/aromatic N) is 1. The molecule has 1 saturated heterocycles. The van der Waals surface area contributed by atoms with Crippen molar-refractivity contribution in [2.24, 2.45) is 11.7 Å². The fourth-order valence-corrected chi connectivity index (χ4v) is 2.72. The Hall–Kier alpha value is -1.06. The van der Waals surface area contributed by atoms with Crippen molar-refractivity contribution in [2.75, 3.05) is 19.6 Å². The van der Waals surface area contributed by atoms with Gasteiger partial charge in [-0.3, -0.25) is 4.79 Å². The largest absolute Gasteiger partial charge is 0.338 e. The minimum absolute atomic E-state index is 0. The van der Waals surface area contributed by atoms with E-state index >= 15 is 0 Å². The average Bonchev–Trinajstić information content (AvgIpc) is 2.37. The highest BCUT2D eigenvalue weighted by atomic mass is 35.5. The van der Waals surface area contributed by atoms with Crippen molar-refractivity contribution in [3.05, 3.63) is 34.9 Å². The van der Waals surface area contributed by atoms with Crippen LogP contribution in [0.25, 0.3) is 0 Å². The van der Waals surface area contributed by atoms with Gasteiger partial charge in [-0.25, -0.2) is 0 Å². The van der Waals surface area contributed by atoms with E-state index in [1.807, 2.05) is 30.9 Å². The van der Waals surface area contributed by atoms with Crippen LogP contribution in [0.2, 0.25) is 0 Å². The van der Waals surface area contributed by atoms with Crippen molar-refractivity contribution >= 4 is 18.3 Å². The predicted molar refractivity (Wildman–Crippen MR) is 80.8 cm³/mol. The van der Waals surface area contributed by atoms with Gasteiger partial charge in [-0.15, -0.1) is 12.4 Å². The molecule has 0 saturated carbocycles. The summed E-state index contributed by atoms with van der Waals surface area (Å²) in [5.41, 5.74) is 8.81. The molecule has 106 valence electrons. The van der Waals surface area contributed by atoms with E-state index in [0.717, 1.165) is 42.6 Å². The predicted octanol–water partition coefficient (Wildman–Crippen LogP) is 2.54. The molecule has 1 aromatic carbocycles. The minimum atomic E-state index is 0. The highest BCUT2D eigenvalue weighted by Crippen LogP contribution is 2.19. The lowest BCUT2D eigenvalue weighted by Gasteiger charge is -2.32. The van der Waals surface area contributed by atoms with Crippen LogP contribution in [-0.2, 0) is 0 Å². The summed E-state index contributed by atoms with van der Waals surface area (Å²) < 4.78 is 0. The summed E-state index contributed by atoms with van der Waals surface area (Å²) in [6, 6.07) is 6.04. The number of nitrogens with two attached hydrogens (primary N) is 1. The SMILES string of the molecule is Cc1cc(C)cc(C(=O)N2CCCC(CN)C2)c1.Cl. The van der Waals surface area contributed by atoms with Crippen LogP contribution in [0.1, 0.15) is 34.3 Å². The monoisotopic (exact) mass is 282 g/mol. The molecule has 0 aromatic heterocycles. The first kappa shape index (κ1) is 16.0. The first-order chi connectivity index (χ1) is 8.60. The van der Waals surface area contributed by atoms with Crippen LogP contribution in [-0.4, -0.2) is 30.4 Å². The Morgan fingerprint density at radius 2 is 1.95 bits per heavy atom. The zero-order chi connectivity index (χ0) is 13.1. The molecule has 3 nitrogen and oxygen atoms in total. The zero-order valence-electron chi connectivity index (χ0n) is 11.7. The number of amides is 1. The van der Waals surface area contributed by atoms with Crippen LogP contribution < -0.4 is 5.73 Å². The van der Waals surface area contributed by atoms with E-state index in [1.165, 1.54) is 0 Å². The highest BCUT2D eigenvalue weighted by Gasteiger charge is 2.23. The van der Waals surface area contributed by atoms with E-state index in [-0.39, 0.29) is 18.3 Å². The third-order valence-electron chi connectivity index (χ3n) is 3.61. The van der Waals surface area contributed by atoms with Crippen molar-refractivity contribution < 1.29 is 4.79 Å². The van der Waals surface area contributed by atoms with Crippen LogP contribution in [0.5, 0.6) is 0 Å². The van der Waals surface area contributed by atoms with Crippen LogP contribution in [0.4, 0.5) is 0 Å². The lowest BCUT2D eigenvalue weighted by atomic mass is 9.97. The quantitative estimate of drug-likeness (QED) is 0.906. The fraction of sp³-hybridized carbons (Fsp3) is 0.533. The molecule has 1 aromatic rings. The van der Waals surface area contributed by atoms with Crippen molar-refractivity contribution in [3.63, 3.8) is 0 Å². The van der Waals surface area contributed by atoms with Gasteiger partial charge in [0.2, 0.25) is 0 Å². The number of benzene rings is 1. The molecule has 0 bridgehead atoms. The Kier molecular flexibility index (Phi) is 5.83. The molecule has 1 fully saturated rings. The molecule has 19 heavy (non-hydrogen) atoms. The number of rotatable bonds is 2. The van der Waals surface area contributed by atoms with E-state index < -0.39 is 0 Å². The number of piperidine rings is 1. The third kappa shape index (κ3) is 3.95. The van der Waals surface area contributed by atoms with Crippen LogP contribution in [0.15, 0.2) is 18.2 Å². The molecule has 2 N–H and O–H groups in total. The number of carbonyl (C=O) groups excluding carboxylic acids is 1. The van der Waals surface area contributed by atoms with Gasteiger partial charge in [0, 0.05) is 18.7 Å². The molecule has 1 aliphatic heterocycles. The van der Waals surface area contributed by atoms with Gasteiger partial charge in [-0.05, 0) is 51.3 Å². The number of carbonyl (C=O) groups is 1. The molecule has 4 heteroatoms. The van der Waals surface area contributed by atoms with Crippen molar-refractivity contribution in [3.8, 4) is 0 Å². The summed E-state index contributed by atoms with van der Waals surface area (Å²) in [6.45, 7) is 6.41. The normalized spacial score (nSPS) is 18.9. The van der Waals surface area contributed by atoms with Gasteiger partial charge in [0.25, 0.3) is 5.91 Å². The van der Waals surface area contributed by atoms with E-state index in [4.69, 9.17) is 5.73 Å². The fourth-order valence-electron chi connectivity index (χ4n) is 2.72. The summed E-state index contributed by atoms with van der Waals surface area (Å²) in [6.07, 6.45) is 2.21. The molecule has 1 heterocycles. The van der Waals surface area contributed by atoms with Crippen LogP contribution in [0.3, 0.4) is 0 Å². The third-order valence-corrected chi connectivity index (χ3v) is 3.61. The van der Waals surface area contributed by atoms with Crippen LogP contribution in [0, 0.1) is 19.8 Å². The summed E-state index contributed by atoms with van der Waals surface area (Å²) in [4.78, 5) is 14.4. The molecule has 1 unspecified atom stereocenters. The van der Waals surface area contributed by atoms with Crippen LogP contribution >= 0.6 is 12.4 Å². The average molecular weight is 283 g/mol. The van der Waals surface area contributed by atoms with E-state index in [2.05, 4.69) is 6.07 Å². The second-order valence-corrected chi connectivity index (χ2v) is 5.37. The molecule has 0 aliphatic carbocycles. The lowest BCUT2D eigenvalue weighted by Crippen LogP contribution is -2.42. The maximum absolute atomic E-state index is 12.5. The van der Waals surface area contributed by atoms with Gasteiger partial charge in [0.05, 0.1) is 0 Å². The summed E-state index contributed by atoms with van der Waals surface area (Å²) in [7, 11) is 0. The zero-order valence-corrected chi connectivity index (χ0v) is 12.5. The number of halogens is 1. The van der Waals surface area contributed by atoms with Gasteiger partial charge in [0.15, 0.2) is 0 Å². The van der Waals surface area contributed by atoms with E-state index in [0.29, 0.717) is 12.5 Å². The van der Waals surface area contributed by atoms with Crippen molar-refractivity contribution in [2.45, 2.75) is 26.7 Å². The Balaban J connectivity index is 0.00000180. The van der Waals surface area contributed by atoms with Gasteiger partial charge in [-0.1, -0.05) is 17.2 Å². The number of hydrogen-bond donors (Lipinski definition) is 1. The first-order valence-electron chi connectivity index (χ1n) is 6.68. The van der Waals surface area contributed by atoms with E-state index in [9.17, 15) is 4.79 Å². The first-order valence-corrected chi connectivity index (χ1v) is 6.68. The molecule has 1 atom stereocenters. The molecule has 1 amide bonds. The molecule has 0 radical (unpaired) electrons. The second-order valence-electron chi connectivity index (χ2n) is 5.37. The molecule has 2 rings (SSSR count). The Bertz CT molecular complexity index is 428. The topological polar surface area (TPSA) is 46.3 Å². The maximum atomic E-state index is 12.5. The highest BCUT2D eigenvalue weighted by molar-refractivity contribution is 5.94. The standard InChI is InChI=1S/C15H22N2O.ClH/c1-11-6-12(2)8-14(7-11)15(18)17-5-3-4-13(9-16)10-17;/h6-8,13H,3-5,9-10,16H2,1-2H3;1H. The van der Waals surface area contributed by atoms with E-state index in [1.54, 1.807) is 0 Å². The number of likely N-dealkylation sites (tertiary alicyclic amines) is 1. The van der Waals surface area contributed by atoms with Gasteiger partial charge < -0.3 is 10.6 Å². The van der Waals surface area contributed by atoms with Gasteiger partial charge in [0.1, 0.15) is 0 Å². The lowest BCUT2D eigenvalue weighted by molar-refractivity contribution is 0.0678. The summed E-state index contributed by atoms with van der Waals surface area (Å²) in [5, 5.41) is 0. The van der Waals surface area contributed by atoms with Crippen molar-refractivity contribution in [1.29, 1.82) is 0 Å². The smallest absolute Gasteiger partial charge is 0.253 e. The van der Waals surface area contributed by atoms with Crippen molar-refractivity contribution in [1.82, 2.24) is 4.90 Å². The Labute approximate surface area is 121 Å². The molecule has 1 aliphatic rings. The number of hydrogen-bond acceptors (Lipinski definition) is 2. The number of aryl methyl sites for hydroxylation is 2. The second kappa shape index (κ2) is 6.92. The summed E-state index contributed by atoms with van der Waals surface area (Å²) in [5.74, 6) is 0.619. The Morgan fingerprint density at radius 1 is 1.32 bits per heavy atom. The summed E-state index contributed by atoms with van der Waals surface area (Å²) >= 11 is 0. The van der Waals surface area contributed by atoms with Gasteiger partial charge in [-0.2, -0.15) is 0 Å². The Morgan fingerprint density at radius 3 is 2.53 bits per heavy atom.